The van der Waals surface area contributed by atoms with E-state index in [1.807, 2.05) is 6.92 Å². The van der Waals surface area contributed by atoms with Crippen molar-refractivity contribution < 1.29 is 8.42 Å². The van der Waals surface area contributed by atoms with Gasteiger partial charge in [0.1, 0.15) is 0 Å². The molecule has 0 heterocycles. The maximum Gasteiger partial charge on any atom is 0.242 e. The fourth-order valence-corrected chi connectivity index (χ4v) is 2.61. The van der Waals surface area contributed by atoms with Gasteiger partial charge in [-0.25, -0.2) is 12.7 Å². The number of nitrogen functional groups attached to an aromatic ring is 1. The van der Waals surface area contributed by atoms with Gasteiger partial charge in [0, 0.05) is 19.3 Å². The van der Waals surface area contributed by atoms with Crippen molar-refractivity contribution in [1.29, 1.82) is 0 Å². The molecule has 0 aliphatic heterocycles. The van der Waals surface area contributed by atoms with E-state index in [4.69, 9.17) is 5.73 Å². The monoisotopic (exact) mass is 228 g/mol. The predicted molar refractivity (Wildman–Crippen MR) is 61.0 cm³/mol. The van der Waals surface area contributed by atoms with E-state index in [0.29, 0.717) is 12.2 Å². The number of rotatable bonds is 4. The van der Waals surface area contributed by atoms with Crippen LogP contribution < -0.4 is 5.73 Å². The van der Waals surface area contributed by atoms with E-state index in [2.05, 4.69) is 0 Å². The molecule has 5 heteroatoms. The number of sulfonamides is 1. The van der Waals surface area contributed by atoms with Gasteiger partial charge < -0.3 is 5.73 Å². The lowest BCUT2D eigenvalue weighted by Crippen LogP contribution is -2.27. The summed E-state index contributed by atoms with van der Waals surface area (Å²) in [5.41, 5.74) is 6.01. The zero-order chi connectivity index (χ0) is 11.5. The number of anilines is 1. The van der Waals surface area contributed by atoms with Crippen molar-refractivity contribution in [3.05, 3.63) is 24.3 Å². The molecular formula is C10H16N2O2S. The van der Waals surface area contributed by atoms with Crippen LogP contribution in [-0.2, 0) is 10.0 Å². The Hall–Kier alpha value is -1.07. The number of hydrogen-bond donors (Lipinski definition) is 1. The first-order valence-electron chi connectivity index (χ1n) is 4.80. The first-order chi connectivity index (χ1) is 6.98. The molecule has 0 aromatic heterocycles. The van der Waals surface area contributed by atoms with Crippen molar-refractivity contribution in [2.75, 3.05) is 19.3 Å². The van der Waals surface area contributed by atoms with Gasteiger partial charge in [-0.3, -0.25) is 0 Å². The van der Waals surface area contributed by atoms with Gasteiger partial charge in [-0.1, -0.05) is 13.0 Å². The van der Waals surface area contributed by atoms with E-state index >= 15 is 0 Å². The quantitative estimate of drug-likeness (QED) is 0.790. The number of nitrogens with two attached hydrogens (primary N) is 1. The summed E-state index contributed by atoms with van der Waals surface area (Å²) in [6, 6.07) is 6.33. The first-order valence-corrected chi connectivity index (χ1v) is 6.24. The van der Waals surface area contributed by atoms with Crippen LogP contribution in [0.5, 0.6) is 0 Å². The third-order valence-corrected chi connectivity index (χ3v) is 3.96. The highest BCUT2D eigenvalue weighted by molar-refractivity contribution is 7.89. The lowest BCUT2D eigenvalue weighted by atomic mass is 10.3. The Bertz CT molecular complexity index is 429. The van der Waals surface area contributed by atoms with Gasteiger partial charge in [-0.15, -0.1) is 0 Å². The molecule has 0 atom stereocenters. The number of hydrogen-bond acceptors (Lipinski definition) is 3. The second kappa shape index (κ2) is 4.63. The van der Waals surface area contributed by atoms with Crippen LogP contribution in [0.3, 0.4) is 0 Å². The molecule has 0 aliphatic carbocycles. The van der Waals surface area contributed by atoms with Gasteiger partial charge in [0.15, 0.2) is 0 Å². The van der Waals surface area contributed by atoms with Gasteiger partial charge in [0.2, 0.25) is 10.0 Å². The molecule has 0 aliphatic rings. The Balaban J connectivity index is 3.06. The van der Waals surface area contributed by atoms with Gasteiger partial charge in [-0.2, -0.15) is 0 Å². The van der Waals surface area contributed by atoms with Gasteiger partial charge in [0.05, 0.1) is 4.90 Å². The second-order valence-corrected chi connectivity index (χ2v) is 5.44. The molecule has 0 spiro atoms. The van der Waals surface area contributed by atoms with Crippen molar-refractivity contribution in [2.24, 2.45) is 0 Å². The van der Waals surface area contributed by atoms with Gasteiger partial charge >= 0.3 is 0 Å². The summed E-state index contributed by atoms with van der Waals surface area (Å²) < 4.78 is 25.2. The summed E-state index contributed by atoms with van der Waals surface area (Å²) in [7, 11) is -1.80. The minimum Gasteiger partial charge on any atom is -0.399 e. The lowest BCUT2D eigenvalue weighted by Gasteiger charge is -2.16. The summed E-state index contributed by atoms with van der Waals surface area (Å²) in [4.78, 5) is 0.249. The van der Waals surface area contributed by atoms with Crippen molar-refractivity contribution in [3.8, 4) is 0 Å². The van der Waals surface area contributed by atoms with Crippen molar-refractivity contribution >= 4 is 15.7 Å². The molecule has 4 nitrogen and oxygen atoms in total. The Morgan fingerprint density at radius 3 is 2.60 bits per heavy atom. The van der Waals surface area contributed by atoms with E-state index in [0.717, 1.165) is 6.42 Å². The van der Waals surface area contributed by atoms with Crippen LogP contribution in [0.15, 0.2) is 29.2 Å². The third-order valence-electron chi connectivity index (χ3n) is 2.10. The minimum atomic E-state index is -3.37. The molecule has 0 bridgehead atoms. The van der Waals surface area contributed by atoms with E-state index in [9.17, 15) is 8.42 Å². The zero-order valence-electron chi connectivity index (χ0n) is 8.97. The fourth-order valence-electron chi connectivity index (χ4n) is 1.29. The molecule has 1 aromatic rings. The van der Waals surface area contributed by atoms with Crippen LogP contribution in [0.2, 0.25) is 0 Å². The second-order valence-electron chi connectivity index (χ2n) is 3.40. The standard InChI is InChI=1S/C10H16N2O2S/c1-3-7-12(2)15(13,14)10-6-4-5-9(11)8-10/h4-6,8H,3,7,11H2,1-2H3. The third kappa shape index (κ3) is 2.70. The van der Waals surface area contributed by atoms with E-state index < -0.39 is 10.0 Å². The fraction of sp³-hybridized carbons (Fsp3) is 0.400. The van der Waals surface area contributed by atoms with Crippen LogP contribution >= 0.6 is 0 Å². The van der Waals surface area contributed by atoms with Crippen molar-refractivity contribution in [1.82, 2.24) is 4.31 Å². The maximum absolute atomic E-state index is 11.9. The maximum atomic E-state index is 11.9. The van der Waals surface area contributed by atoms with Crippen LogP contribution in [-0.4, -0.2) is 26.3 Å². The smallest absolute Gasteiger partial charge is 0.242 e. The van der Waals surface area contributed by atoms with Crippen LogP contribution in [0.1, 0.15) is 13.3 Å². The number of nitrogens with zero attached hydrogens (tertiary/aromatic N) is 1. The first kappa shape index (κ1) is 12.0. The Morgan fingerprint density at radius 1 is 1.40 bits per heavy atom. The highest BCUT2D eigenvalue weighted by Gasteiger charge is 2.19. The van der Waals surface area contributed by atoms with E-state index in [1.54, 1.807) is 25.2 Å². The summed E-state index contributed by atoms with van der Waals surface area (Å²) in [6.07, 6.45) is 0.790. The van der Waals surface area contributed by atoms with Crippen molar-refractivity contribution in [3.63, 3.8) is 0 Å². The molecule has 84 valence electrons. The molecule has 0 fully saturated rings. The highest BCUT2D eigenvalue weighted by atomic mass is 32.2. The Morgan fingerprint density at radius 2 is 2.07 bits per heavy atom. The minimum absolute atomic E-state index is 0.249. The zero-order valence-corrected chi connectivity index (χ0v) is 9.79. The molecule has 2 N–H and O–H groups in total. The molecule has 0 unspecified atom stereocenters. The van der Waals surface area contributed by atoms with Crippen LogP contribution in [0, 0.1) is 0 Å². The molecule has 15 heavy (non-hydrogen) atoms. The normalized spacial score (nSPS) is 11.9. The average Bonchev–Trinajstić information content (AvgIpc) is 2.18. The van der Waals surface area contributed by atoms with Gasteiger partial charge in [-0.05, 0) is 24.6 Å². The Kier molecular flexibility index (Phi) is 3.71. The van der Waals surface area contributed by atoms with Crippen molar-refractivity contribution in [2.45, 2.75) is 18.2 Å². The average molecular weight is 228 g/mol. The SMILES string of the molecule is CCCN(C)S(=O)(=O)c1cccc(N)c1. The molecule has 0 saturated heterocycles. The summed E-state index contributed by atoms with van der Waals surface area (Å²) in [5, 5.41) is 0. The van der Waals surface area contributed by atoms with Crippen LogP contribution in [0.25, 0.3) is 0 Å². The van der Waals surface area contributed by atoms with Crippen LogP contribution in [0.4, 0.5) is 5.69 Å². The highest BCUT2D eigenvalue weighted by Crippen LogP contribution is 2.16. The van der Waals surface area contributed by atoms with Gasteiger partial charge in [0.25, 0.3) is 0 Å². The van der Waals surface area contributed by atoms with E-state index in [-0.39, 0.29) is 4.90 Å². The molecular weight excluding hydrogens is 212 g/mol. The molecule has 1 aromatic carbocycles. The summed E-state index contributed by atoms with van der Waals surface area (Å²) in [6.45, 7) is 2.45. The molecule has 0 amide bonds. The number of benzene rings is 1. The Labute approximate surface area is 90.8 Å². The van der Waals surface area contributed by atoms with E-state index in [1.165, 1.54) is 10.4 Å². The lowest BCUT2D eigenvalue weighted by molar-refractivity contribution is 0.468. The molecule has 0 saturated carbocycles. The summed E-state index contributed by atoms with van der Waals surface area (Å²) >= 11 is 0. The molecule has 1 rings (SSSR count). The topological polar surface area (TPSA) is 63.4 Å². The predicted octanol–water partition coefficient (Wildman–Crippen LogP) is 1.30. The summed E-state index contributed by atoms with van der Waals surface area (Å²) in [5.74, 6) is 0. The largest absolute Gasteiger partial charge is 0.399 e. The molecule has 0 radical (unpaired) electrons.